The number of carbonyl (C=O) groups is 3. The largest absolute Gasteiger partial charge is 0.462 e. The van der Waals surface area contributed by atoms with E-state index in [9.17, 15) is 14.4 Å². The number of urea groups is 1. The molecule has 0 aromatic heterocycles. The number of hydrogen-bond acceptors (Lipinski definition) is 4. The molecule has 6 heteroatoms. The van der Waals surface area contributed by atoms with Gasteiger partial charge < -0.3 is 10.1 Å². The molecular weight excluding hydrogens is 224 g/mol. The zero-order chi connectivity index (χ0) is 13.2. The summed E-state index contributed by atoms with van der Waals surface area (Å²) in [5, 5.41) is 2.57. The van der Waals surface area contributed by atoms with Crippen LogP contribution in [0, 0.1) is 0 Å². The van der Waals surface area contributed by atoms with Gasteiger partial charge in [0.2, 0.25) is 0 Å². The van der Waals surface area contributed by atoms with Crippen LogP contribution in [0.15, 0.2) is 0 Å². The normalized spacial score (nSPS) is 24.2. The SMILES string of the molecule is CCC1(C)NC(=O)N(CC(=O)OC(C)C)C1=O. The van der Waals surface area contributed by atoms with E-state index in [-0.39, 0.29) is 18.6 Å². The van der Waals surface area contributed by atoms with Gasteiger partial charge in [0, 0.05) is 0 Å². The smallest absolute Gasteiger partial charge is 0.326 e. The molecular formula is C11H18N2O4. The Morgan fingerprint density at radius 1 is 1.47 bits per heavy atom. The molecule has 3 amide bonds. The minimum absolute atomic E-state index is 0.263. The summed E-state index contributed by atoms with van der Waals surface area (Å²) >= 11 is 0. The highest BCUT2D eigenvalue weighted by atomic mass is 16.5. The third-order valence-electron chi connectivity index (χ3n) is 2.71. The summed E-state index contributed by atoms with van der Waals surface area (Å²) in [6.45, 7) is 6.52. The number of carbonyl (C=O) groups excluding carboxylic acids is 3. The van der Waals surface area contributed by atoms with Crippen LogP contribution in [0.4, 0.5) is 4.79 Å². The Kier molecular flexibility index (Phi) is 3.75. The van der Waals surface area contributed by atoms with Crippen LogP contribution in [-0.4, -0.2) is 41.0 Å². The van der Waals surface area contributed by atoms with Crippen molar-refractivity contribution in [2.45, 2.75) is 45.8 Å². The first-order valence-corrected chi connectivity index (χ1v) is 5.63. The van der Waals surface area contributed by atoms with Gasteiger partial charge in [0.1, 0.15) is 12.1 Å². The van der Waals surface area contributed by atoms with Gasteiger partial charge >= 0.3 is 12.0 Å². The minimum Gasteiger partial charge on any atom is -0.462 e. The van der Waals surface area contributed by atoms with Gasteiger partial charge in [-0.25, -0.2) is 4.79 Å². The summed E-state index contributed by atoms with van der Waals surface area (Å²) in [4.78, 5) is 35.8. The van der Waals surface area contributed by atoms with Gasteiger partial charge in [-0.05, 0) is 27.2 Å². The highest BCUT2D eigenvalue weighted by Gasteiger charge is 2.47. The van der Waals surface area contributed by atoms with Gasteiger partial charge in [0.05, 0.1) is 6.10 Å². The monoisotopic (exact) mass is 242 g/mol. The fourth-order valence-corrected chi connectivity index (χ4v) is 1.56. The molecule has 1 saturated heterocycles. The Morgan fingerprint density at radius 2 is 2.06 bits per heavy atom. The van der Waals surface area contributed by atoms with Crippen LogP contribution in [0.5, 0.6) is 0 Å². The molecule has 1 unspecified atom stereocenters. The van der Waals surface area contributed by atoms with Gasteiger partial charge in [-0.2, -0.15) is 0 Å². The Labute approximate surface area is 100 Å². The molecule has 0 aliphatic carbocycles. The topological polar surface area (TPSA) is 75.7 Å². The van der Waals surface area contributed by atoms with Crippen LogP contribution in [0.3, 0.4) is 0 Å². The highest BCUT2D eigenvalue weighted by molar-refractivity contribution is 6.08. The molecule has 1 heterocycles. The molecule has 1 rings (SSSR count). The van der Waals surface area contributed by atoms with Crippen LogP contribution in [0.1, 0.15) is 34.1 Å². The number of ether oxygens (including phenoxy) is 1. The summed E-state index contributed by atoms with van der Waals surface area (Å²) in [5.74, 6) is -0.963. The van der Waals surface area contributed by atoms with Crippen molar-refractivity contribution in [1.29, 1.82) is 0 Å². The van der Waals surface area contributed by atoms with Crippen LogP contribution < -0.4 is 5.32 Å². The van der Waals surface area contributed by atoms with E-state index in [0.717, 1.165) is 4.90 Å². The van der Waals surface area contributed by atoms with Crippen LogP contribution in [0.2, 0.25) is 0 Å². The van der Waals surface area contributed by atoms with Crippen molar-refractivity contribution in [3.63, 3.8) is 0 Å². The Hall–Kier alpha value is -1.59. The maximum atomic E-state index is 11.9. The van der Waals surface area contributed by atoms with Gasteiger partial charge in [0.25, 0.3) is 5.91 Å². The Morgan fingerprint density at radius 3 is 2.47 bits per heavy atom. The van der Waals surface area contributed by atoms with Crippen molar-refractivity contribution in [3.8, 4) is 0 Å². The maximum Gasteiger partial charge on any atom is 0.326 e. The molecule has 0 aromatic rings. The summed E-state index contributed by atoms with van der Waals surface area (Å²) in [6, 6.07) is -0.542. The second kappa shape index (κ2) is 4.73. The van der Waals surface area contributed by atoms with Crippen LogP contribution in [0.25, 0.3) is 0 Å². The standard InChI is InChI=1S/C11H18N2O4/c1-5-11(4)9(15)13(10(16)12-11)6-8(14)17-7(2)3/h7H,5-6H2,1-4H3,(H,12,16). The molecule has 1 aliphatic heterocycles. The van der Waals surface area contributed by atoms with E-state index in [1.165, 1.54) is 0 Å². The zero-order valence-electron chi connectivity index (χ0n) is 10.6. The van der Waals surface area contributed by atoms with Crippen molar-refractivity contribution in [2.75, 3.05) is 6.54 Å². The zero-order valence-corrected chi connectivity index (χ0v) is 10.6. The van der Waals surface area contributed by atoms with E-state index in [0.29, 0.717) is 6.42 Å². The number of nitrogens with zero attached hydrogens (tertiary/aromatic N) is 1. The van der Waals surface area contributed by atoms with Crippen molar-refractivity contribution < 1.29 is 19.1 Å². The van der Waals surface area contributed by atoms with E-state index in [1.807, 2.05) is 0 Å². The first-order valence-electron chi connectivity index (χ1n) is 5.63. The molecule has 17 heavy (non-hydrogen) atoms. The van der Waals surface area contributed by atoms with E-state index >= 15 is 0 Å². The Bertz CT molecular complexity index is 353. The molecule has 0 saturated carbocycles. The quantitative estimate of drug-likeness (QED) is 0.580. The first-order chi connectivity index (χ1) is 7.80. The molecule has 0 spiro atoms. The fourth-order valence-electron chi connectivity index (χ4n) is 1.56. The lowest BCUT2D eigenvalue weighted by molar-refractivity contribution is -0.150. The van der Waals surface area contributed by atoms with E-state index in [1.54, 1.807) is 27.7 Å². The lowest BCUT2D eigenvalue weighted by Crippen LogP contribution is -2.43. The van der Waals surface area contributed by atoms with Crippen molar-refractivity contribution >= 4 is 17.9 Å². The van der Waals surface area contributed by atoms with Crippen molar-refractivity contribution in [1.82, 2.24) is 10.2 Å². The summed E-state index contributed by atoms with van der Waals surface area (Å²) < 4.78 is 4.90. The fraction of sp³-hybridized carbons (Fsp3) is 0.727. The molecule has 96 valence electrons. The van der Waals surface area contributed by atoms with Crippen molar-refractivity contribution in [3.05, 3.63) is 0 Å². The van der Waals surface area contributed by atoms with Gasteiger partial charge in [0.15, 0.2) is 0 Å². The molecule has 6 nitrogen and oxygen atoms in total. The van der Waals surface area contributed by atoms with E-state index in [4.69, 9.17) is 4.74 Å². The molecule has 0 aromatic carbocycles. The number of amides is 3. The summed E-state index contributed by atoms with van der Waals surface area (Å²) in [7, 11) is 0. The number of hydrogen-bond donors (Lipinski definition) is 1. The number of esters is 1. The minimum atomic E-state index is -0.908. The number of imide groups is 1. The van der Waals surface area contributed by atoms with Gasteiger partial charge in [-0.15, -0.1) is 0 Å². The number of rotatable bonds is 4. The predicted molar refractivity (Wildman–Crippen MR) is 60.2 cm³/mol. The van der Waals surface area contributed by atoms with Gasteiger partial charge in [-0.3, -0.25) is 14.5 Å². The van der Waals surface area contributed by atoms with E-state index in [2.05, 4.69) is 5.32 Å². The molecule has 1 N–H and O–H groups in total. The lowest BCUT2D eigenvalue weighted by Gasteiger charge is -2.19. The van der Waals surface area contributed by atoms with Gasteiger partial charge in [-0.1, -0.05) is 6.92 Å². The second-order valence-corrected chi connectivity index (χ2v) is 4.55. The number of nitrogens with one attached hydrogen (secondary N) is 1. The summed E-state index contributed by atoms with van der Waals surface area (Å²) in [6.07, 6.45) is 0.216. The molecule has 1 fully saturated rings. The predicted octanol–water partition coefficient (Wildman–Crippen LogP) is 0.658. The molecule has 1 aliphatic rings. The summed E-state index contributed by atoms with van der Waals surface area (Å²) in [5.41, 5.74) is -0.908. The lowest BCUT2D eigenvalue weighted by atomic mass is 9.99. The first kappa shape index (κ1) is 13.5. The maximum absolute atomic E-state index is 11.9. The highest BCUT2D eigenvalue weighted by Crippen LogP contribution is 2.20. The molecule has 1 atom stereocenters. The molecule has 0 radical (unpaired) electrons. The third-order valence-corrected chi connectivity index (χ3v) is 2.71. The molecule has 0 bridgehead atoms. The van der Waals surface area contributed by atoms with Crippen LogP contribution in [-0.2, 0) is 14.3 Å². The second-order valence-electron chi connectivity index (χ2n) is 4.55. The van der Waals surface area contributed by atoms with E-state index < -0.39 is 17.5 Å². The third kappa shape index (κ3) is 2.75. The van der Waals surface area contributed by atoms with Crippen LogP contribution >= 0.6 is 0 Å². The average Bonchev–Trinajstić information content (AvgIpc) is 2.42. The van der Waals surface area contributed by atoms with Crippen molar-refractivity contribution in [2.24, 2.45) is 0 Å². The average molecular weight is 242 g/mol. The Balaban J connectivity index is 2.70.